The van der Waals surface area contributed by atoms with E-state index in [1.54, 1.807) is 25.1 Å². The average molecular weight is 271 g/mol. The summed E-state index contributed by atoms with van der Waals surface area (Å²) in [6.07, 6.45) is 0. The summed E-state index contributed by atoms with van der Waals surface area (Å²) in [5.74, 6) is -0.743. The van der Waals surface area contributed by atoms with E-state index in [1.165, 1.54) is 0 Å². The van der Waals surface area contributed by atoms with E-state index in [0.29, 0.717) is 5.69 Å². The molecule has 0 radical (unpaired) electrons. The Morgan fingerprint density at radius 1 is 1.50 bits per heavy atom. The Labute approximate surface area is 150 Å². The zero-order valence-electron chi connectivity index (χ0n) is 11.4. The minimum absolute atomic E-state index is 0. The number of esters is 1. The average Bonchev–Trinajstić information content (AvgIpc) is 2.31. The molecule has 1 rings (SSSR count). The number of ether oxygens (including phenoxy) is 1. The van der Waals surface area contributed by atoms with Crippen molar-refractivity contribution in [1.29, 1.82) is 5.26 Å². The Morgan fingerprint density at radius 2 is 2.11 bits per heavy atom. The van der Waals surface area contributed by atoms with Gasteiger partial charge in [-0.3, -0.25) is 0 Å². The van der Waals surface area contributed by atoms with Gasteiger partial charge in [-0.2, -0.15) is 5.26 Å². The molecule has 0 bridgehead atoms. The Bertz CT molecular complexity index is 472. The molecule has 0 unspecified atom stereocenters. The standard InChI is InChI=1S/C12H13N3O2.K.H/c1-2-17-12(16)10(8-13)11(14)15-9-6-4-3-5-7-9;;/h3-7,15H,2,14H2,1H3;;/q;+1;-1. The number of hydrogen-bond acceptors (Lipinski definition) is 5. The van der Waals surface area contributed by atoms with E-state index in [1.807, 2.05) is 18.2 Å². The Morgan fingerprint density at radius 3 is 2.61 bits per heavy atom. The zero-order chi connectivity index (χ0) is 12.7. The van der Waals surface area contributed by atoms with Crippen LogP contribution in [0, 0.1) is 11.3 Å². The number of hydrogen-bond donors (Lipinski definition) is 2. The Balaban J connectivity index is 0. The SMILES string of the molecule is CCOC(=O)C(C#N)=C(N)Nc1ccccc1.[H-].[K+]. The number of rotatable bonds is 4. The number of carbonyl (C=O) groups is 1. The van der Waals surface area contributed by atoms with Gasteiger partial charge in [0.15, 0.2) is 5.57 Å². The second-order valence-corrected chi connectivity index (χ2v) is 3.11. The largest absolute Gasteiger partial charge is 1.00 e. The molecule has 0 aliphatic rings. The molecule has 0 atom stereocenters. The second-order valence-electron chi connectivity index (χ2n) is 3.11. The minimum atomic E-state index is -0.726. The van der Waals surface area contributed by atoms with Gasteiger partial charge in [0.05, 0.1) is 6.61 Å². The van der Waals surface area contributed by atoms with E-state index in [9.17, 15) is 4.79 Å². The van der Waals surface area contributed by atoms with Crippen molar-refractivity contribution in [3.63, 3.8) is 0 Å². The summed E-state index contributed by atoms with van der Waals surface area (Å²) in [6.45, 7) is 1.86. The quantitative estimate of drug-likeness (QED) is 0.300. The number of nitrogens with zero attached hydrogens (tertiary/aromatic N) is 1. The molecule has 0 aliphatic carbocycles. The summed E-state index contributed by atoms with van der Waals surface area (Å²) in [6, 6.07) is 10.7. The van der Waals surface area contributed by atoms with E-state index >= 15 is 0 Å². The first kappa shape index (κ1) is 17.2. The number of benzene rings is 1. The van der Waals surface area contributed by atoms with Gasteiger partial charge in [-0.25, -0.2) is 4.79 Å². The fourth-order valence-corrected chi connectivity index (χ4v) is 1.16. The van der Waals surface area contributed by atoms with Crippen molar-refractivity contribution in [3.8, 4) is 6.07 Å². The van der Waals surface area contributed by atoms with Crippen LogP contribution < -0.4 is 62.4 Å². The molecular weight excluding hydrogens is 257 g/mol. The van der Waals surface area contributed by atoms with Crippen molar-refractivity contribution >= 4 is 11.7 Å². The molecule has 0 fully saturated rings. The zero-order valence-corrected chi connectivity index (χ0v) is 13.6. The molecule has 1 aromatic carbocycles. The summed E-state index contributed by atoms with van der Waals surface area (Å²) < 4.78 is 4.71. The predicted molar refractivity (Wildman–Crippen MR) is 64.6 cm³/mol. The van der Waals surface area contributed by atoms with Crippen molar-refractivity contribution in [2.24, 2.45) is 5.73 Å². The van der Waals surface area contributed by atoms with Gasteiger partial charge in [0.2, 0.25) is 0 Å². The van der Waals surface area contributed by atoms with Crippen LogP contribution in [0.2, 0.25) is 0 Å². The molecule has 0 aliphatic heterocycles. The van der Waals surface area contributed by atoms with Crippen LogP contribution in [-0.2, 0) is 9.53 Å². The maximum atomic E-state index is 11.4. The first-order valence-electron chi connectivity index (χ1n) is 5.08. The Kier molecular flexibility index (Phi) is 8.71. The van der Waals surface area contributed by atoms with E-state index in [2.05, 4.69) is 5.32 Å². The summed E-state index contributed by atoms with van der Waals surface area (Å²) in [4.78, 5) is 11.4. The van der Waals surface area contributed by atoms with Gasteiger partial charge in [0.1, 0.15) is 11.9 Å². The molecule has 18 heavy (non-hydrogen) atoms. The Hall–Kier alpha value is -0.844. The summed E-state index contributed by atoms with van der Waals surface area (Å²) in [5.41, 5.74) is 6.11. The van der Waals surface area contributed by atoms with E-state index < -0.39 is 5.97 Å². The summed E-state index contributed by atoms with van der Waals surface area (Å²) in [7, 11) is 0. The fraction of sp³-hybridized carbons (Fsp3) is 0.167. The fourth-order valence-electron chi connectivity index (χ4n) is 1.16. The van der Waals surface area contributed by atoms with Crippen molar-refractivity contribution in [3.05, 3.63) is 41.7 Å². The van der Waals surface area contributed by atoms with Gasteiger partial charge in [-0.1, -0.05) is 18.2 Å². The molecule has 0 aromatic heterocycles. The first-order chi connectivity index (χ1) is 8.19. The third-order valence-corrected chi connectivity index (χ3v) is 1.91. The molecule has 5 nitrogen and oxygen atoms in total. The van der Waals surface area contributed by atoms with Crippen LogP contribution in [0.3, 0.4) is 0 Å². The first-order valence-corrected chi connectivity index (χ1v) is 5.08. The molecule has 6 heteroatoms. The van der Waals surface area contributed by atoms with Crippen molar-refractivity contribution < 1.29 is 62.3 Å². The van der Waals surface area contributed by atoms with E-state index in [0.717, 1.165) is 0 Å². The van der Waals surface area contributed by atoms with Crippen LogP contribution in [0.25, 0.3) is 0 Å². The van der Waals surface area contributed by atoms with Gasteiger partial charge < -0.3 is 17.2 Å². The number of carbonyl (C=O) groups excluding carboxylic acids is 1. The number of anilines is 1. The van der Waals surface area contributed by atoms with Gasteiger partial charge in [-0.05, 0) is 19.1 Å². The number of nitrogens with one attached hydrogen (secondary N) is 1. The molecule has 90 valence electrons. The van der Waals surface area contributed by atoms with E-state index in [-0.39, 0.29) is 70.8 Å². The monoisotopic (exact) mass is 271 g/mol. The van der Waals surface area contributed by atoms with Gasteiger partial charge in [-0.15, -0.1) is 0 Å². The molecule has 0 amide bonds. The smallest absolute Gasteiger partial charge is 1.00 e. The van der Waals surface area contributed by atoms with Crippen LogP contribution in [-0.4, -0.2) is 12.6 Å². The third kappa shape index (κ3) is 5.21. The summed E-state index contributed by atoms with van der Waals surface area (Å²) >= 11 is 0. The van der Waals surface area contributed by atoms with Gasteiger partial charge in [0.25, 0.3) is 0 Å². The molecule has 0 saturated heterocycles. The molecule has 0 heterocycles. The summed E-state index contributed by atoms with van der Waals surface area (Å²) in [5, 5.41) is 11.6. The number of nitriles is 1. The predicted octanol–water partition coefficient (Wildman–Crippen LogP) is -1.53. The maximum Gasteiger partial charge on any atom is 1.00 e. The topological polar surface area (TPSA) is 88.1 Å². The normalized spacial score (nSPS) is 10.4. The number of para-hydroxylation sites is 1. The number of nitrogens with two attached hydrogens (primary N) is 1. The van der Waals surface area contributed by atoms with Crippen LogP contribution in [0.15, 0.2) is 41.7 Å². The van der Waals surface area contributed by atoms with Crippen LogP contribution in [0.5, 0.6) is 0 Å². The molecule has 0 saturated carbocycles. The van der Waals surface area contributed by atoms with Crippen molar-refractivity contribution in [1.82, 2.24) is 0 Å². The molecule has 3 N–H and O–H groups in total. The minimum Gasteiger partial charge on any atom is -1.00 e. The molecule has 1 aromatic rings. The van der Waals surface area contributed by atoms with Crippen molar-refractivity contribution in [2.45, 2.75) is 6.92 Å². The van der Waals surface area contributed by atoms with Crippen LogP contribution >= 0.6 is 0 Å². The van der Waals surface area contributed by atoms with Crippen molar-refractivity contribution in [2.75, 3.05) is 11.9 Å². The maximum absolute atomic E-state index is 11.4. The third-order valence-electron chi connectivity index (χ3n) is 1.91. The van der Waals surface area contributed by atoms with Gasteiger partial charge in [0, 0.05) is 5.69 Å². The second kappa shape index (κ2) is 9.14. The molecular formula is C12H14KN3O2. The van der Waals surface area contributed by atoms with Crippen LogP contribution in [0.1, 0.15) is 8.35 Å². The van der Waals surface area contributed by atoms with Gasteiger partial charge >= 0.3 is 57.4 Å². The molecule has 0 spiro atoms. The van der Waals surface area contributed by atoms with Crippen LogP contribution in [0.4, 0.5) is 5.69 Å². The van der Waals surface area contributed by atoms with E-state index in [4.69, 9.17) is 15.7 Å².